The number of aromatic nitrogens is 1. The lowest BCUT2D eigenvalue weighted by atomic mass is 10.1. The molecule has 7 nitrogen and oxygen atoms in total. The van der Waals surface area contributed by atoms with E-state index in [1.165, 1.54) is 16.3 Å². The summed E-state index contributed by atoms with van der Waals surface area (Å²) in [5, 5.41) is 4.03. The van der Waals surface area contributed by atoms with Crippen molar-refractivity contribution in [2.75, 3.05) is 33.1 Å². The molecule has 34 heavy (non-hydrogen) atoms. The first-order valence-corrected chi connectivity index (χ1v) is 10.9. The number of carbonyl (C=O) groups is 2. The molecule has 2 amide bonds. The molecule has 0 saturated carbocycles. The number of likely N-dealkylation sites (N-methyl/N-ethyl adjacent to an activating group) is 1. The molecule has 2 aromatic carbocycles. The number of methoxy groups -OCH3 is 2. The molecule has 0 saturated heterocycles. The number of halogens is 3. The minimum Gasteiger partial charge on any atom is -0.493 e. The molecule has 11 heteroatoms. The number of nitrogens with one attached hydrogen (secondary N) is 1. The Hall–Kier alpha value is -3.60. The third-order valence-corrected chi connectivity index (χ3v) is 5.68. The minimum atomic E-state index is -4.56. The van der Waals surface area contributed by atoms with Crippen molar-refractivity contribution in [2.24, 2.45) is 0 Å². The Morgan fingerprint density at radius 3 is 2.50 bits per heavy atom. The molecule has 0 bridgehead atoms. The van der Waals surface area contributed by atoms with Gasteiger partial charge in [-0.25, -0.2) is 4.98 Å². The van der Waals surface area contributed by atoms with Crippen molar-refractivity contribution in [3.8, 4) is 11.5 Å². The predicted molar refractivity (Wildman–Crippen MR) is 122 cm³/mol. The molecule has 0 fully saturated rings. The number of carbonyl (C=O) groups excluding carboxylic acids is 2. The van der Waals surface area contributed by atoms with Gasteiger partial charge in [-0.05, 0) is 42.3 Å². The topological polar surface area (TPSA) is 80.8 Å². The third kappa shape index (κ3) is 6.04. The lowest BCUT2D eigenvalue weighted by Crippen LogP contribution is -2.29. The van der Waals surface area contributed by atoms with Gasteiger partial charge in [0, 0.05) is 24.5 Å². The van der Waals surface area contributed by atoms with Gasteiger partial charge in [-0.3, -0.25) is 14.9 Å². The molecule has 0 radical (unpaired) electrons. The van der Waals surface area contributed by atoms with Crippen molar-refractivity contribution < 1.29 is 32.2 Å². The Bertz CT molecular complexity index is 1180. The maximum absolute atomic E-state index is 12.9. The van der Waals surface area contributed by atoms with E-state index in [2.05, 4.69) is 10.3 Å². The zero-order valence-electron chi connectivity index (χ0n) is 18.6. The molecule has 1 heterocycles. The second-order valence-electron chi connectivity index (χ2n) is 7.24. The summed E-state index contributed by atoms with van der Waals surface area (Å²) in [5.74, 6) is 0.102. The van der Waals surface area contributed by atoms with Crippen LogP contribution in [0.3, 0.4) is 0 Å². The van der Waals surface area contributed by atoms with Gasteiger partial charge in [0.05, 0.1) is 19.8 Å². The van der Waals surface area contributed by atoms with Crippen LogP contribution in [0.2, 0.25) is 0 Å². The summed E-state index contributed by atoms with van der Waals surface area (Å²) < 4.78 is 49.1. The number of thiazole rings is 1. The molecule has 0 unspecified atom stereocenters. The average Bonchev–Trinajstić information content (AvgIpc) is 3.29. The van der Waals surface area contributed by atoms with Gasteiger partial charge in [-0.2, -0.15) is 13.2 Å². The monoisotopic (exact) mass is 493 g/mol. The molecule has 1 aromatic heterocycles. The van der Waals surface area contributed by atoms with Gasteiger partial charge >= 0.3 is 6.18 Å². The summed E-state index contributed by atoms with van der Waals surface area (Å²) in [7, 11) is 4.72. The molecule has 1 N–H and O–H groups in total. The van der Waals surface area contributed by atoms with E-state index in [0.717, 1.165) is 35.1 Å². The lowest BCUT2D eigenvalue weighted by Gasteiger charge is -2.16. The van der Waals surface area contributed by atoms with Crippen LogP contribution in [0.1, 0.15) is 32.0 Å². The van der Waals surface area contributed by atoms with Crippen molar-refractivity contribution >= 4 is 28.3 Å². The van der Waals surface area contributed by atoms with E-state index in [1.807, 2.05) is 12.1 Å². The van der Waals surface area contributed by atoms with Crippen LogP contribution in [-0.2, 0) is 12.6 Å². The van der Waals surface area contributed by atoms with E-state index in [9.17, 15) is 22.8 Å². The first-order chi connectivity index (χ1) is 16.1. The summed E-state index contributed by atoms with van der Waals surface area (Å²) >= 11 is 1.01. The van der Waals surface area contributed by atoms with Gasteiger partial charge in [0.15, 0.2) is 16.6 Å². The predicted octanol–water partition coefficient (Wildman–Crippen LogP) is 4.75. The summed E-state index contributed by atoms with van der Waals surface area (Å²) in [6, 6.07) is 9.57. The smallest absolute Gasteiger partial charge is 0.416 e. The highest BCUT2D eigenvalue weighted by atomic mass is 32.1. The van der Waals surface area contributed by atoms with Gasteiger partial charge in [0.2, 0.25) is 0 Å². The number of rotatable bonds is 8. The number of anilines is 1. The molecule has 0 aliphatic heterocycles. The Balaban J connectivity index is 1.61. The zero-order chi connectivity index (χ0) is 24.9. The SMILES string of the molecule is COc1ccc(CCN(C)C(=O)c2csc(NC(=O)c3cccc(C(F)(F)F)c3)n2)cc1OC. The van der Waals surface area contributed by atoms with E-state index < -0.39 is 17.6 Å². The molecule has 3 rings (SSSR count). The molecular formula is C23H22F3N3O4S. The number of nitrogens with zero attached hydrogens (tertiary/aromatic N) is 2. The fourth-order valence-electron chi connectivity index (χ4n) is 3.07. The number of hydrogen-bond acceptors (Lipinski definition) is 6. The Morgan fingerprint density at radius 1 is 1.09 bits per heavy atom. The maximum Gasteiger partial charge on any atom is 0.416 e. The molecule has 3 aromatic rings. The number of alkyl halides is 3. The van der Waals surface area contributed by atoms with E-state index >= 15 is 0 Å². The second kappa shape index (κ2) is 10.6. The summed E-state index contributed by atoms with van der Waals surface area (Å²) in [6.45, 7) is 0.401. The van der Waals surface area contributed by atoms with Crippen molar-refractivity contribution in [1.82, 2.24) is 9.88 Å². The van der Waals surface area contributed by atoms with Crippen LogP contribution in [0.15, 0.2) is 47.8 Å². The van der Waals surface area contributed by atoms with Gasteiger partial charge in [0.1, 0.15) is 5.69 Å². The van der Waals surface area contributed by atoms with Crippen molar-refractivity contribution in [3.05, 3.63) is 70.2 Å². The molecular weight excluding hydrogens is 471 g/mol. The van der Waals surface area contributed by atoms with Crippen LogP contribution in [-0.4, -0.2) is 49.5 Å². The summed E-state index contributed by atoms with van der Waals surface area (Å²) in [4.78, 5) is 30.6. The third-order valence-electron chi connectivity index (χ3n) is 4.93. The van der Waals surface area contributed by atoms with Crippen LogP contribution in [0.25, 0.3) is 0 Å². The Kier molecular flexibility index (Phi) is 7.77. The van der Waals surface area contributed by atoms with Crippen LogP contribution in [0.5, 0.6) is 11.5 Å². The minimum absolute atomic E-state index is 0.110. The fourth-order valence-corrected chi connectivity index (χ4v) is 3.74. The zero-order valence-corrected chi connectivity index (χ0v) is 19.4. The average molecular weight is 494 g/mol. The number of hydrogen-bond donors (Lipinski definition) is 1. The maximum atomic E-state index is 12.9. The number of ether oxygens (including phenoxy) is 2. The number of amides is 2. The van der Waals surface area contributed by atoms with Gasteiger partial charge < -0.3 is 14.4 Å². The highest BCUT2D eigenvalue weighted by molar-refractivity contribution is 7.14. The largest absolute Gasteiger partial charge is 0.493 e. The molecule has 180 valence electrons. The molecule has 0 spiro atoms. The van der Waals surface area contributed by atoms with Crippen LogP contribution in [0.4, 0.5) is 18.3 Å². The fraction of sp³-hybridized carbons (Fsp3) is 0.261. The highest BCUT2D eigenvalue weighted by Crippen LogP contribution is 2.30. The summed E-state index contributed by atoms with van der Waals surface area (Å²) in [6.07, 6.45) is -4.00. The van der Waals surface area contributed by atoms with Gasteiger partial charge in [0.25, 0.3) is 11.8 Å². The van der Waals surface area contributed by atoms with Crippen molar-refractivity contribution in [3.63, 3.8) is 0 Å². The normalized spacial score (nSPS) is 11.1. The quantitative estimate of drug-likeness (QED) is 0.490. The van der Waals surface area contributed by atoms with Crippen LogP contribution >= 0.6 is 11.3 Å². The Morgan fingerprint density at radius 2 is 1.82 bits per heavy atom. The first kappa shape index (κ1) is 25.0. The summed E-state index contributed by atoms with van der Waals surface area (Å²) in [5.41, 5.74) is -0.0139. The molecule has 0 atom stereocenters. The van der Waals surface area contributed by atoms with E-state index in [0.29, 0.717) is 24.5 Å². The van der Waals surface area contributed by atoms with E-state index in [4.69, 9.17) is 9.47 Å². The van der Waals surface area contributed by atoms with E-state index in [-0.39, 0.29) is 22.3 Å². The number of benzene rings is 2. The first-order valence-electron chi connectivity index (χ1n) is 10.0. The van der Waals surface area contributed by atoms with Gasteiger partial charge in [-0.1, -0.05) is 12.1 Å². The molecule has 0 aliphatic rings. The highest BCUT2D eigenvalue weighted by Gasteiger charge is 2.31. The van der Waals surface area contributed by atoms with Gasteiger partial charge in [-0.15, -0.1) is 11.3 Å². The Labute approximate surface area is 198 Å². The van der Waals surface area contributed by atoms with Crippen molar-refractivity contribution in [1.29, 1.82) is 0 Å². The standard InChI is InChI=1S/C23H22F3N3O4S/c1-29(10-9-14-7-8-18(32-2)19(11-14)33-3)21(31)17-13-34-22(27-17)28-20(30)15-5-4-6-16(12-15)23(24,25)26/h4-8,11-13H,9-10H2,1-3H3,(H,27,28,30). The second-order valence-corrected chi connectivity index (χ2v) is 8.09. The van der Waals surface area contributed by atoms with Crippen molar-refractivity contribution in [2.45, 2.75) is 12.6 Å². The van der Waals surface area contributed by atoms with E-state index in [1.54, 1.807) is 27.3 Å². The van der Waals surface area contributed by atoms with Crippen LogP contribution < -0.4 is 14.8 Å². The molecule has 0 aliphatic carbocycles. The van der Waals surface area contributed by atoms with Crippen LogP contribution in [0, 0.1) is 0 Å². The lowest BCUT2D eigenvalue weighted by molar-refractivity contribution is -0.137.